The molecule has 0 spiro atoms. The van der Waals surface area contributed by atoms with Gasteiger partial charge >= 0.3 is 0 Å². The molecule has 3 heterocycles. The lowest BCUT2D eigenvalue weighted by Gasteiger charge is -2.37. The summed E-state index contributed by atoms with van der Waals surface area (Å²) >= 11 is 0. The number of nitrogens with one attached hydrogen (secondary N) is 3. The number of amides is 4. The average Bonchev–Trinajstić information content (AvgIpc) is 3.10. The van der Waals surface area contributed by atoms with Gasteiger partial charge in [-0.1, -0.05) is 62.4 Å². The van der Waals surface area contributed by atoms with Crippen LogP contribution in [0.25, 0.3) is 0 Å². The van der Waals surface area contributed by atoms with Gasteiger partial charge in [-0.05, 0) is 60.2 Å². The third-order valence-electron chi connectivity index (χ3n) is 8.87. The van der Waals surface area contributed by atoms with E-state index in [4.69, 9.17) is 4.74 Å². The summed E-state index contributed by atoms with van der Waals surface area (Å²) < 4.78 is 6.06. The van der Waals surface area contributed by atoms with E-state index in [1.165, 1.54) is 0 Å². The maximum Gasteiger partial charge on any atom is 0.252 e. The molecule has 3 aromatic rings. The summed E-state index contributed by atoms with van der Waals surface area (Å²) in [5.41, 5.74) is 2.00. The highest BCUT2D eigenvalue weighted by molar-refractivity contribution is 5.99. The fourth-order valence-corrected chi connectivity index (χ4v) is 6.22. The first-order chi connectivity index (χ1) is 23.7. The van der Waals surface area contributed by atoms with Gasteiger partial charge in [0.1, 0.15) is 29.6 Å². The van der Waals surface area contributed by atoms with Crippen LogP contribution in [0.2, 0.25) is 0 Å². The molecule has 3 aliphatic rings. The molecule has 0 radical (unpaired) electrons. The number of hydrogen-bond acceptors (Lipinski definition) is 7. The average molecular weight is 670 g/mol. The minimum absolute atomic E-state index is 0.0486. The Morgan fingerprint density at radius 2 is 1.55 bits per heavy atom. The molecular formula is C38H47N5O6. The molecule has 260 valence electrons. The van der Waals surface area contributed by atoms with Crippen molar-refractivity contribution in [2.24, 2.45) is 5.92 Å². The summed E-state index contributed by atoms with van der Waals surface area (Å²) in [6.45, 7) is 7.19. The molecule has 11 nitrogen and oxygen atoms in total. The monoisotopic (exact) mass is 669 g/mol. The fraction of sp³-hybridized carbons (Fsp3) is 0.421. The topological polar surface area (TPSA) is 140 Å². The van der Waals surface area contributed by atoms with Crippen molar-refractivity contribution in [3.8, 4) is 11.5 Å². The molecule has 3 aliphatic heterocycles. The van der Waals surface area contributed by atoms with E-state index in [0.717, 1.165) is 17.7 Å². The summed E-state index contributed by atoms with van der Waals surface area (Å²) in [5, 5.41) is 18.0. The molecule has 0 aliphatic carbocycles. The van der Waals surface area contributed by atoms with Crippen LogP contribution in [-0.2, 0) is 27.2 Å². The Labute approximate surface area is 288 Å². The van der Waals surface area contributed by atoms with Crippen LogP contribution in [-0.4, -0.2) is 96.0 Å². The van der Waals surface area contributed by atoms with Crippen LogP contribution in [0.4, 0.5) is 0 Å². The van der Waals surface area contributed by atoms with E-state index in [9.17, 15) is 24.3 Å². The first kappa shape index (κ1) is 35.6. The number of aliphatic hydroxyl groups excluding tert-OH is 1. The van der Waals surface area contributed by atoms with Gasteiger partial charge in [-0.25, -0.2) is 0 Å². The molecule has 4 amide bonds. The van der Waals surface area contributed by atoms with E-state index in [-0.39, 0.29) is 31.3 Å². The second kappa shape index (κ2) is 17.1. The molecule has 1 fully saturated rings. The highest BCUT2D eigenvalue weighted by atomic mass is 16.5. The van der Waals surface area contributed by atoms with Crippen molar-refractivity contribution in [2.75, 3.05) is 39.3 Å². The second-order valence-electron chi connectivity index (χ2n) is 13.2. The number of hydrogen-bond donors (Lipinski definition) is 4. The lowest BCUT2D eigenvalue weighted by molar-refractivity contribution is -0.138. The third kappa shape index (κ3) is 10.1. The number of aliphatic hydroxyl groups is 1. The lowest BCUT2D eigenvalue weighted by Crippen LogP contribution is -2.59. The van der Waals surface area contributed by atoms with Crippen LogP contribution in [0.5, 0.6) is 11.5 Å². The van der Waals surface area contributed by atoms with Crippen molar-refractivity contribution in [3.05, 3.63) is 95.6 Å². The smallest absolute Gasteiger partial charge is 0.252 e. The number of rotatable bonds is 8. The zero-order valence-corrected chi connectivity index (χ0v) is 28.3. The first-order valence-electron chi connectivity index (χ1n) is 17.1. The highest BCUT2D eigenvalue weighted by Crippen LogP contribution is 2.24. The van der Waals surface area contributed by atoms with Gasteiger partial charge in [0.05, 0.1) is 0 Å². The Balaban J connectivity index is 1.46. The molecule has 4 N–H and O–H groups in total. The van der Waals surface area contributed by atoms with Gasteiger partial charge in [-0.3, -0.25) is 24.1 Å². The predicted molar refractivity (Wildman–Crippen MR) is 186 cm³/mol. The van der Waals surface area contributed by atoms with Crippen molar-refractivity contribution < 1.29 is 29.0 Å². The number of carbonyl (C=O) groups is 4. The maximum atomic E-state index is 14.0. The molecule has 3 atom stereocenters. The number of nitrogens with zero attached hydrogens (tertiary/aromatic N) is 2. The van der Waals surface area contributed by atoms with Gasteiger partial charge < -0.3 is 30.7 Å². The minimum Gasteiger partial charge on any atom is -0.457 e. The number of ether oxygens (including phenoxy) is 1. The Bertz CT molecular complexity index is 1570. The van der Waals surface area contributed by atoms with Gasteiger partial charge in [0.25, 0.3) is 5.91 Å². The molecule has 11 heteroatoms. The summed E-state index contributed by atoms with van der Waals surface area (Å²) in [5.74, 6) is -0.542. The van der Waals surface area contributed by atoms with Gasteiger partial charge in [0.2, 0.25) is 17.7 Å². The van der Waals surface area contributed by atoms with E-state index < -0.39 is 35.8 Å². The summed E-state index contributed by atoms with van der Waals surface area (Å²) in [4.78, 5) is 59.5. The molecule has 4 bridgehead atoms. The summed E-state index contributed by atoms with van der Waals surface area (Å²) in [7, 11) is 0. The molecular weight excluding hydrogens is 622 g/mol. The summed E-state index contributed by atoms with van der Waals surface area (Å²) in [6.07, 6.45) is 1.47. The fourth-order valence-electron chi connectivity index (χ4n) is 6.22. The normalized spacial score (nSPS) is 20.9. The largest absolute Gasteiger partial charge is 0.457 e. The molecule has 6 rings (SSSR count). The predicted octanol–water partition coefficient (Wildman–Crippen LogP) is 2.92. The molecule has 0 aromatic heterocycles. The van der Waals surface area contributed by atoms with Crippen molar-refractivity contribution in [3.63, 3.8) is 0 Å². The van der Waals surface area contributed by atoms with Gasteiger partial charge in [0, 0.05) is 57.7 Å². The molecule has 0 unspecified atom stereocenters. The van der Waals surface area contributed by atoms with Crippen LogP contribution in [0.15, 0.2) is 78.9 Å². The first-order valence-corrected chi connectivity index (χ1v) is 17.1. The third-order valence-corrected chi connectivity index (χ3v) is 8.87. The number of fused-ring (bicyclic) bond motifs is 11. The zero-order chi connectivity index (χ0) is 34.8. The standard InChI is InChI=1S/C38H47N5O6/c1-26(2)22-32-36(46)41-34(38(48)43-19-17-42(18-20-43)16-7-21-44)24-28-12-14-30(15-13-28)49-31-11-6-10-29(25-31)35(45)39-33(37(47)40-32)23-27-8-4-3-5-9-27/h3-6,8-15,25-26,32-34,44H,7,16-24H2,1-2H3,(H,39,45)(H,40,47)(H,41,46)/t32-,33+,34-/m0/s1. The van der Waals surface area contributed by atoms with Crippen LogP contribution in [0.1, 0.15) is 48.2 Å². The van der Waals surface area contributed by atoms with Crippen molar-refractivity contribution in [1.29, 1.82) is 0 Å². The Morgan fingerprint density at radius 1 is 0.837 bits per heavy atom. The molecule has 49 heavy (non-hydrogen) atoms. The van der Waals surface area contributed by atoms with Crippen LogP contribution in [0, 0.1) is 5.92 Å². The van der Waals surface area contributed by atoms with Crippen molar-refractivity contribution in [2.45, 2.75) is 57.7 Å². The maximum absolute atomic E-state index is 14.0. The van der Waals surface area contributed by atoms with Crippen LogP contribution < -0.4 is 20.7 Å². The highest BCUT2D eigenvalue weighted by Gasteiger charge is 2.33. The van der Waals surface area contributed by atoms with E-state index in [2.05, 4.69) is 20.9 Å². The number of piperazine rings is 1. The number of benzene rings is 3. The Morgan fingerprint density at radius 3 is 2.24 bits per heavy atom. The number of carbonyl (C=O) groups excluding carboxylic acids is 4. The minimum atomic E-state index is -0.979. The molecule has 1 saturated heterocycles. The van der Waals surface area contributed by atoms with Crippen LogP contribution in [0.3, 0.4) is 0 Å². The second-order valence-corrected chi connectivity index (χ2v) is 13.2. The van der Waals surface area contributed by atoms with E-state index in [0.29, 0.717) is 56.1 Å². The van der Waals surface area contributed by atoms with Gasteiger partial charge in [-0.15, -0.1) is 0 Å². The Kier molecular flexibility index (Phi) is 12.4. The van der Waals surface area contributed by atoms with Crippen molar-refractivity contribution in [1.82, 2.24) is 25.8 Å². The van der Waals surface area contributed by atoms with Crippen LogP contribution >= 0.6 is 0 Å². The quantitative estimate of drug-likeness (QED) is 0.271. The van der Waals surface area contributed by atoms with E-state index in [1.54, 1.807) is 41.3 Å². The van der Waals surface area contributed by atoms with Gasteiger partial charge in [-0.2, -0.15) is 0 Å². The molecule has 0 saturated carbocycles. The summed E-state index contributed by atoms with van der Waals surface area (Å²) in [6, 6.07) is 20.6. The lowest BCUT2D eigenvalue weighted by atomic mass is 9.99. The Hall–Kier alpha value is -4.74. The zero-order valence-electron chi connectivity index (χ0n) is 28.3. The SMILES string of the molecule is CC(C)C[C@@H]1NC(=O)[C@@H](Cc2ccccc2)NC(=O)c2cccc(c2)Oc2ccc(cc2)C[C@@H](C(=O)N2CCN(CCCO)CC2)NC1=O. The molecule has 3 aromatic carbocycles. The van der Waals surface area contributed by atoms with Gasteiger partial charge in [0.15, 0.2) is 0 Å². The van der Waals surface area contributed by atoms with E-state index in [1.807, 2.05) is 56.3 Å². The van der Waals surface area contributed by atoms with E-state index >= 15 is 0 Å². The van der Waals surface area contributed by atoms with Crippen molar-refractivity contribution >= 4 is 23.6 Å².